The van der Waals surface area contributed by atoms with Crippen LogP contribution in [0, 0.1) is 5.92 Å². The molecule has 1 atom stereocenters. The van der Waals surface area contributed by atoms with E-state index in [0.717, 1.165) is 32.2 Å². The van der Waals surface area contributed by atoms with E-state index in [9.17, 15) is 0 Å². The molecule has 0 spiro atoms. The number of hydrogen-bond donors (Lipinski definition) is 1. The lowest BCUT2D eigenvalue weighted by Crippen LogP contribution is -2.27. The van der Waals surface area contributed by atoms with Gasteiger partial charge in [0.05, 0.1) is 6.61 Å². The van der Waals surface area contributed by atoms with Crippen LogP contribution < -0.4 is 5.32 Å². The Labute approximate surface area is 106 Å². The van der Waals surface area contributed by atoms with Crippen LogP contribution in [0.4, 0.5) is 0 Å². The molecule has 1 aliphatic heterocycles. The van der Waals surface area contributed by atoms with E-state index in [1.165, 1.54) is 44.9 Å². The molecule has 17 heavy (non-hydrogen) atoms. The van der Waals surface area contributed by atoms with Crippen LogP contribution >= 0.6 is 0 Å². The van der Waals surface area contributed by atoms with Gasteiger partial charge in [0.1, 0.15) is 0 Å². The van der Waals surface area contributed by atoms with Crippen LogP contribution in [0.5, 0.6) is 0 Å². The fraction of sp³-hybridized carbons (Fsp3) is 0.867. The van der Waals surface area contributed by atoms with Gasteiger partial charge in [-0.1, -0.05) is 25.3 Å². The Kier molecular flexibility index (Phi) is 5.53. The van der Waals surface area contributed by atoms with Gasteiger partial charge in [0, 0.05) is 13.2 Å². The molecule has 1 heterocycles. The Morgan fingerprint density at radius 3 is 2.82 bits per heavy atom. The maximum absolute atomic E-state index is 5.88. The maximum atomic E-state index is 5.88. The van der Waals surface area contributed by atoms with Gasteiger partial charge < -0.3 is 10.1 Å². The van der Waals surface area contributed by atoms with Crippen LogP contribution in [0.25, 0.3) is 0 Å². The van der Waals surface area contributed by atoms with E-state index >= 15 is 0 Å². The monoisotopic (exact) mass is 237 g/mol. The molecular formula is C15H27NO. The van der Waals surface area contributed by atoms with Crippen molar-refractivity contribution in [3.63, 3.8) is 0 Å². The summed E-state index contributed by atoms with van der Waals surface area (Å²) in [5.41, 5.74) is 3.25. The zero-order chi connectivity index (χ0) is 11.9. The van der Waals surface area contributed by atoms with Gasteiger partial charge >= 0.3 is 0 Å². The van der Waals surface area contributed by atoms with Gasteiger partial charge in [0.25, 0.3) is 0 Å². The first-order valence-electron chi connectivity index (χ1n) is 7.38. The van der Waals surface area contributed by atoms with Crippen LogP contribution in [-0.2, 0) is 4.74 Å². The van der Waals surface area contributed by atoms with Crippen molar-refractivity contribution in [1.29, 1.82) is 0 Å². The number of hydrogen-bond acceptors (Lipinski definition) is 2. The largest absolute Gasteiger partial charge is 0.377 e. The van der Waals surface area contributed by atoms with Crippen LogP contribution in [-0.4, -0.2) is 26.3 Å². The molecule has 1 unspecified atom stereocenters. The lowest BCUT2D eigenvalue weighted by molar-refractivity contribution is 0.134. The molecule has 0 radical (unpaired) electrons. The molecule has 0 aromatic carbocycles. The van der Waals surface area contributed by atoms with Gasteiger partial charge in [-0.05, 0) is 50.1 Å². The molecule has 2 rings (SSSR count). The fourth-order valence-corrected chi connectivity index (χ4v) is 2.92. The highest BCUT2D eigenvalue weighted by atomic mass is 16.5. The highest BCUT2D eigenvalue weighted by Crippen LogP contribution is 2.24. The molecule has 2 nitrogen and oxygen atoms in total. The predicted octanol–water partition coefficient (Wildman–Crippen LogP) is 3.28. The zero-order valence-corrected chi connectivity index (χ0v) is 11.3. The minimum Gasteiger partial charge on any atom is -0.377 e. The molecule has 0 bridgehead atoms. The van der Waals surface area contributed by atoms with Crippen molar-refractivity contribution in [3.05, 3.63) is 11.1 Å². The first kappa shape index (κ1) is 13.1. The van der Waals surface area contributed by atoms with Crippen LogP contribution in [0.2, 0.25) is 0 Å². The summed E-state index contributed by atoms with van der Waals surface area (Å²) >= 11 is 0. The van der Waals surface area contributed by atoms with Gasteiger partial charge in [0.15, 0.2) is 0 Å². The third kappa shape index (κ3) is 4.11. The minimum atomic E-state index is 0.794. The number of nitrogens with one attached hydrogen (secondary N) is 1. The molecule has 98 valence electrons. The van der Waals surface area contributed by atoms with E-state index in [-0.39, 0.29) is 0 Å². The van der Waals surface area contributed by atoms with Crippen LogP contribution in [0.3, 0.4) is 0 Å². The highest BCUT2D eigenvalue weighted by molar-refractivity contribution is 5.18. The summed E-state index contributed by atoms with van der Waals surface area (Å²) in [5, 5.41) is 3.67. The fourth-order valence-electron chi connectivity index (χ4n) is 2.92. The van der Waals surface area contributed by atoms with Crippen molar-refractivity contribution >= 4 is 0 Å². The minimum absolute atomic E-state index is 0.794. The second kappa shape index (κ2) is 7.17. The molecule has 0 amide bonds. The van der Waals surface area contributed by atoms with Gasteiger partial charge in [-0.2, -0.15) is 0 Å². The summed E-state index contributed by atoms with van der Waals surface area (Å²) in [6, 6.07) is 0. The molecule has 2 heteroatoms. The van der Waals surface area contributed by atoms with Gasteiger partial charge in [-0.15, -0.1) is 0 Å². The quantitative estimate of drug-likeness (QED) is 0.707. The van der Waals surface area contributed by atoms with E-state index in [0.29, 0.717) is 0 Å². The summed E-state index contributed by atoms with van der Waals surface area (Å²) < 4.78 is 5.88. The highest BCUT2D eigenvalue weighted by Gasteiger charge is 2.14. The summed E-state index contributed by atoms with van der Waals surface area (Å²) in [6.07, 6.45) is 9.17. The standard InChI is InChI=1S/C15H27NO/c1-2-13-8-9-17-12-15-7-5-3-4-6-14(15)11-16-10-13/h13,16H,2-12H2,1H3. The van der Waals surface area contributed by atoms with Gasteiger partial charge in [0.2, 0.25) is 0 Å². The normalized spacial score (nSPS) is 28.4. The number of ether oxygens (including phenoxy) is 1. The second-order valence-electron chi connectivity index (χ2n) is 5.51. The van der Waals surface area contributed by atoms with E-state index in [1.54, 1.807) is 11.1 Å². The van der Waals surface area contributed by atoms with Crippen molar-refractivity contribution in [2.45, 2.75) is 51.9 Å². The third-order valence-corrected chi connectivity index (χ3v) is 4.25. The average molecular weight is 237 g/mol. The molecule has 0 saturated carbocycles. The van der Waals surface area contributed by atoms with Crippen LogP contribution in [0.15, 0.2) is 11.1 Å². The molecule has 0 aromatic heterocycles. The Hall–Kier alpha value is -0.340. The molecule has 1 aliphatic carbocycles. The van der Waals surface area contributed by atoms with E-state index in [2.05, 4.69) is 12.2 Å². The van der Waals surface area contributed by atoms with Crippen molar-refractivity contribution < 1.29 is 4.74 Å². The van der Waals surface area contributed by atoms with E-state index in [1.807, 2.05) is 0 Å². The summed E-state index contributed by atoms with van der Waals surface area (Å²) in [4.78, 5) is 0. The smallest absolute Gasteiger partial charge is 0.0679 e. The average Bonchev–Trinajstić information content (AvgIpc) is 2.58. The topological polar surface area (TPSA) is 21.3 Å². The van der Waals surface area contributed by atoms with Crippen molar-refractivity contribution in [2.24, 2.45) is 5.92 Å². The molecule has 2 aliphatic rings. The van der Waals surface area contributed by atoms with Gasteiger partial charge in [-0.25, -0.2) is 0 Å². The van der Waals surface area contributed by atoms with Crippen molar-refractivity contribution in [2.75, 3.05) is 26.3 Å². The predicted molar refractivity (Wildman–Crippen MR) is 72.2 cm³/mol. The molecule has 0 aromatic rings. The lowest BCUT2D eigenvalue weighted by atomic mass is 10.0. The Balaban J connectivity index is 1.97. The third-order valence-electron chi connectivity index (χ3n) is 4.25. The summed E-state index contributed by atoms with van der Waals surface area (Å²) in [7, 11) is 0. The Morgan fingerprint density at radius 2 is 2.00 bits per heavy atom. The molecule has 1 N–H and O–H groups in total. The maximum Gasteiger partial charge on any atom is 0.0679 e. The van der Waals surface area contributed by atoms with Crippen molar-refractivity contribution in [1.82, 2.24) is 5.32 Å². The molecule has 0 saturated heterocycles. The van der Waals surface area contributed by atoms with E-state index < -0.39 is 0 Å². The van der Waals surface area contributed by atoms with Gasteiger partial charge in [-0.3, -0.25) is 0 Å². The first-order chi connectivity index (χ1) is 8.40. The molecular weight excluding hydrogens is 210 g/mol. The Bertz CT molecular complexity index is 260. The summed E-state index contributed by atoms with van der Waals surface area (Å²) in [5.74, 6) is 0.794. The van der Waals surface area contributed by atoms with Crippen molar-refractivity contribution in [3.8, 4) is 0 Å². The molecule has 0 fully saturated rings. The number of rotatable bonds is 1. The van der Waals surface area contributed by atoms with Crippen LogP contribution in [0.1, 0.15) is 51.9 Å². The SMILES string of the molecule is CCC1CCOCC2=C(CCCCC2)CNC1. The summed E-state index contributed by atoms with van der Waals surface area (Å²) in [6.45, 7) is 6.39. The zero-order valence-electron chi connectivity index (χ0n) is 11.3. The van der Waals surface area contributed by atoms with E-state index in [4.69, 9.17) is 4.74 Å². The Morgan fingerprint density at radius 1 is 1.18 bits per heavy atom. The lowest BCUT2D eigenvalue weighted by Gasteiger charge is -2.21. The first-order valence-corrected chi connectivity index (χ1v) is 7.38. The second-order valence-corrected chi connectivity index (χ2v) is 5.51.